The molecular weight excluding hydrogens is 417 g/mol. The van der Waals surface area contributed by atoms with E-state index in [0.29, 0.717) is 28.6 Å². The molecule has 3 rings (SSSR count). The number of primary amides is 1. The molecule has 2 heterocycles. The molecule has 0 fully saturated rings. The average molecular weight is 438 g/mol. The molecule has 2 atom stereocenters. The Morgan fingerprint density at radius 2 is 2.11 bits per heavy atom. The molecule has 0 aliphatic carbocycles. The molecule has 28 heavy (non-hydrogen) atoms. The molecule has 0 aliphatic heterocycles. The van der Waals surface area contributed by atoms with Crippen molar-refractivity contribution in [3.63, 3.8) is 0 Å². The Morgan fingerprint density at radius 3 is 2.68 bits per heavy atom. The summed E-state index contributed by atoms with van der Waals surface area (Å²) in [6.07, 6.45) is 1.88. The van der Waals surface area contributed by atoms with Gasteiger partial charge in [0.15, 0.2) is 0 Å². The highest BCUT2D eigenvalue weighted by Crippen LogP contribution is 2.34. The predicted octanol–water partition coefficient (Wildman–Crippen LogP) is 4.73. The number of carbonyl (C=O) groups is 1. The molecule has 148 valence electrons. The lowest BCUT2D eigenvalue weighted by Gasteiger charge is -2.28. The molecule has 3 aromatic rings. The summed E-state index contributed by atoms with van der Waals surface area (Å²) in [4.78, 5) is 13.4. The lowest BCUT2D eigenvalue weighted by atomic mass is 9.79. The minimum absolute atomic E-state index is 0.265. The van der Waals surface area contributed by atoms with Crippen molar-refractivity contribution in [3.05, 3.63) is 74.2 Å². The number of benzene rings is 1. The molecular formula is C20H21Cl2N3O2S. The number of ether oxygens (including phenoxy) is 1. The first-order valence-corrected chi connectivity index (χ1v) is 10.3. The van der Waals surface area contributed by atoms with E-state index >= 15 is 0 Å². The lowest BCUT2D eigenvalue weighted by molar-refractivity contribution is -0.123. The number of nitrogens with zero attached hydrogens (tertiary/aromatic N) is 2. The summed E-state index contributed by atoms with van der Waals surface area (Å²) in [7, 11) is 1.88. The van der Waals surface area contributed by atoms with Crippen molar-refractivity contribution in [2.24, 2.45) is 12.8 Å². The Balaban J connectivity index is 1.80. The van der Waals surface area contributed by atoms with Crippen LogP contribution in [0.4, 0.5) is 0 Å². The van der Waals surface area contributed by atoms with Crippen molar-refractivity contribution < 1.29 is 9.53 Å². The van der Waals surface area contributed by atoms with E-state index in [9.17, 15) is 4.79 Å². The van der Waals surface area contributed by atoms with Crippen LogP contribution in [0.15, 0.2) is 48.0 Å². The van der Waals surface area contributed by atoms with Crippen LogP contribution in [0, 0.1) is 0 Å². The number of carbonyl (C=O) groups excluding carboxylic acids is 1. The van der Waals surface area contributed by atoms with Gasteiger partial charge in [0.1, 0.15) is 6.10 Å². The fourth-order valence-corrected chi connectivity index (χ4v) is 4.11. The standard InChI is InChI=1S/C20H21Cl2N3O2S/c1-20(19(23)26,13-5-6-14(21)15(22)12-13)8-10-27-18(17-4-3-11-28-17)16-7-9-24-25(16)2/h3-7,9,11-12,18H,8,10H2,1-2H3,(H2,23,26). The van der Waals surface area contributed by atoms with E-state index in [4.69, 9.17) is 33.7 Å². The van der Waals surface area contributed by atoms with Crippen molar-refractivity contribution in [1.29, 1.82) is 0 Å². The number of halogens is 2. The van der Waals surface area contributed by atoms with Gasteiger partial charge in [-0.05, 0) is 48.6 Å². The number of aryl methyl sites for hydroxylation is 1. The van der Waals surface area contributed by atoms with E-state index in [1.54, 1.807) is 47.3 Å². The Hall–Kier alpha value is -1.86. The highest BCUT2D eigenvalue weighted by atomic mass is 35.5. The molecule has 1 amide bonds. The number of hydrogen-bond acceptors (Lipinski definition) is 4. The molecule has 8 heteroatoms. The summed E-state index contributed by atoms with van der Waals surface area (Å²) in [5, 5.41) is 7.06. The zero-order valence-corrected chi connectivity index (χ0v) is 17.9. The molecule has 0 aliphatic rings. The Kier molecular flexibility index (Phi) is 6.45. The van der Waals surface area contributed by atoms with Crippen LogP contribution in [0.2, 0.25) is 10.0 Å². The van der Waals surface area contributed by atoms with Gasteiger partial charge in [0, 0.05) is 24.7 Å². The van der Waals surface area contributed by atoms with Crippen LogP contribution in [-0.4, -0.2) is 22.3 Å². The zero-order chi connectivity index (χ0) is 20.3. The van der Waals surface area contributed by atoms with Gasteiger partial charge in [0.05, 0.1) is 21.2 Å². The quantitative estimate of drug-likeness (QED) is 0.553. The summed E-state index contributed by atoms with van der Waals surface area (Å²) < 4.78 is 8.00. The summed E-state index contributed by atoms with van der Waals surface area (Å²) >= 11 is 13.8. The molecule has 0 spiro atoms. The van der Waals surface area contributed by atoms with E-state index in [1.807, 2.05) is 30.6 Å². The van der Waals surface area contributed by atoms with Gasteiger partial charge in [-0.25, -0.2) is 0 Å². The van der Waals surface area contributed by atoms with Gasteiger partial charge in [-0.3, -0.25) is 9.48 Å². The van der Waals surface area contributed by atoms with Gasteiger partial charge in [-0.15, -0.1) is 11.3 Å². The maximum Gasteiger partial charge on any atom is 0.227 e. The Morgan fingerprint density at radius 1 is 1.32 bits per heavy atom. The summed E-state index contributed by atoms with van der Waals surface area (Å²) in [6.45, 7) is 2.12. The van der Waals surface area contributed by atoms with Crippen LogP contribution in [0.5, 0.6) is 0 Å². The number of amides is 1. The Bertz CT molecular complexity index is 958. The molecule has 0 saturated carbocycles. The molecule has 0 saturated heterocycles. The van der Waals surface area contributed by atoms with Gasteiger partial charge in [0.2, 0.25) is 5.91 Å². The van der Waals surface area contributed by atoms with Crippen LogP contribution in [0.1, 0.15) is 35.6 Å². The number of thiophene rings is 1. The first kappa shape index (κ1) is 20.9. The number of nitrogens with two attached hydrogens (primary N) is 1. The molecule has 1 aromatic carbocycles. The topological polar surface area (TPSA) is 70.1 Å². The molecule has 2 N–H and O–H groups in total. The third-order valence-electron chi connectivity index (χ3n) is 4.92. The van der Waals surface area contributed by atoms with Crippen molar-refractivity contribution in [1.82, 2.24) is 9.78 Å². The number of aromatic nitrogens is 2. The van der Waals surface area contributed by atoms with Gasteiger partial charge in [-0.1, -0.05) is 35.3 Å². The summed E-state index contributed by atoms with van der Waals surface area (Å²) in [6, 6.07) is 11.1. The fourth-order valence-electron chi connectivity index (χ4n) is 3.03. The van der Waals surface area contributed by atoms with Gasteiger partial charge < -0.3 is 10.5 Å². The minimum Gasteiger partial charge on any atom is -0.369 e. The SMILES string of the molecule is Cn1nccc1C(OCCC(C)(C(N)=O)c1ccc(Cl)c(Cl)c1)c1cccs1. The molecule has 0 bridgehead atoms. The predicted molar refractivity (Wildman–Crippen MR) is 113 cm³/mol. The van der Waals surface area contributed by atoms with Crippen LogP contribution in [0.25, 0.3) is 0 Å². The summed E-state index contributed by atoms with van der Waals surface area (Å²) in [5.74, 6) is -0.442. The molecule has 2 aromatic heterocycles. The maximum absolute atomic E-state index is 12.3. The van der Waals surface area contributed by atoms with Crippen LogP contribution >= 0.6 is 34.5 Å². The maximum atomic E-state index is 12.3. The minimum atomic E-state index is -0.930. The second-order valence-corrected chi connectivity index (χ2v) is 8.51. The van der Waals surface area contributed by atoms with Crippen LogP contribution < -0.4 is 5.73 Å². The second-order valence-electron chi connectivity index (χ2n) is 6.72. The third kappa shape index (κ3) is 4.25. The van der Waals surface area contributed by atoms with Crippen LogP contribution in [0.3, 0.4) is 0 Å². The third-order valence-corrected chi connectivity index (χ3v) is 6.57. The second kappa shape index (κ2) is 8.66. The van der Waals surface area contributed by atoms with E-state index in [0.717, 1.165) is 10.6 Å². The smallest absolute Gasteiger partial charge is 0.227 e. The highest BCUT2D eigenvalue weighted by Gasteiger charge is 2.34. The van der Waals surface area contributed by atoms with E-state index in [2.05, 4.69) is 5.10 Å². The number of hydrogen-bond donors (Lipinski definition) is 1. The van der Waals surface area contributed by atoms with Gasteiger partial charge in [0.25, 0.3) is 0 Å². The first-order valence-electron chi connectivity index (χ1n) is 8.71. The highest BCUT2D eigenvalue weighted by molar-refractivity contribution is 7.10. The van der Waals surface area contributed by atoms with Crippen LogP contribution in [-0.2, 0) is 22.0 Å². The normalized spacial score (nSPS) is 14.6. The van der Waals surface area contributed by atoms with E-state index in [1.165, 1.54) is 0 Å². The first-order chi connectivity index (χ1) is 13.3. The van der Waals surface area contributed by atoms with Gasteiger partial charge in [-0.2, -0.15) is 5.10 Å². The molecule has 0 radical (unpaired) electrons. The summed E-state index contributed by atoms with van der Waals surface area (Å²) in [5.41, 5.74) is 6.47. The molecule has 5 nitrogen and oxygen atoms in total. The lowest BCUT2D eigenvalue weighted by Crippen LogP contribution is -2.39. The van der Waals surface area contributed by atoms with Gasteiger partial charge >= 0.3 is 0 Å². The van der Waals surface area contributed by atoms with Crippen molar-refractivity contribution in [2.75, 3.05) is 6.61 Å². The van der Waals surface area contributed by atoms with Crippen molar-refractivity contribution in [3.8, 4) is 0 Å². The Labute approximate surface area is 178 Å². The van der Waals surface area contributed by atoms with E-state index in [-0.39, 0.29) is 6.10 Å². The molecule has 2 unspecified atom stereocenters. The average Bonchev–Trinajstić information content (AvgIpc) is 3.33. The van der Waals surface area contributed by atoms with Crippen molar-refractivity contribution in [2.45, 2.75) is 24.9 Å². The van der Waals surface area contributed by atoms with E-state index < -0.39 is 11.3 Å². The van der Waals surface area contributed by atoms with Crippen molar-refractivity contribution >= 4 is 40.4 Å². The largest absolute Gasteiger partial charge is 0.369 e. The monoisotopic (exact) mass is 437 g/mol. The number of rotatable bonds is 8. The zero-order valence-electron chi connectivity index (χ0n) is 15.6. The fraction of sp³-hybridized carbons (Fsp3) is 0.300.